The van der Waals surface area contributed by atoms with Crippen LogP contribution in [-0.4, -0.2) is 43.3 Å². The fraction of sp³-hybridized carbons (Fsp3) is 0.222. The molecule has 0 aliphatic heterocycles. The molecule has 0 bridgehead atoms. The molecular weight excluding hydrogens is 374 g/mol. The number of ketones is 1. The number of esters is 1. The van der Waals surface area contributed by atoms with Crippen molar-refractivity contribution in [2.24, 2.45) is 0 Å². The molecule has 0 saturated heterocycles. The monoisotopic (exact) mass is 391 g/mol. The molecule has 0 N–H and O–H groups in total. The highest BCUT2D eigenvalue weighted by molar-refractivity contribution is 8.00. The van der Waals surface area contributed by atoms with Crippen LogP contribution in [0.15, 0.2) is 47.4 Å². The highest BCUT2D eigenvalue weighted by atomic mass is 32.2. The van der Waals surface area contributed by atoms with Gasteiger partial charge in [0.25, 0.3) is 5.69 Å². The Balaban J connectivity index is 1.92. The molecule has 0 fully saturated rings. The minimum atomic E-state index is -0.654. The van der Waals surface area contributed by atoms with Gasteiger partial charge in [-0.1, -0.05) is 12.1 Å². The number of nitro groups is 1. The van der Waals surface area contributed by atoms with Crippen LogP contribution in [0.25, 0.3) is 0 Å². The molecule has 0 aliphatic rings. The number of hydrogen-bond donors (Lipinski definition) is 0. The number of ether oxygens (including phenoxy) is 3. The number of carbonyl (C=O) groups is 2. The van der Waals surface area contributed by atoms with E-state index in [4.69, 9.17) is 14.2 Å². The third-order valence-corrected chi connectivity index (χ3v) is 4.52. The molecule has 0 radical (unpaired) electrons. The molecule has 0 aromatic heterocycles. The smallest absolute Gasteiger partial charge is 0.316 e. The Kier molecular flexibility index (Phi) is 7.18. The maximum absolute atomic E-state index is 12.3. The fourth-order valence-electron chi connectivity index (χ4n) is 2.16. The number of nitro benzene ring substituents is 1. The fourth-order valence-corrected chi connectivity index (χ4v) is 2.98. The summed E-state index contributed by atoms with van der Waals surface area (Å²) in [6.07, 6.45) is 0. The summed E-state index contributed by atoms with van der Waals surface area (Å²) in [4.78, 5) is 34.9. The number of para-hydroxylation sites is 1. The Labute approximate surface area is 159 Å². The first-order valence-corrected chi connectivity index (χ1v) is 8.72. The predicted molar refractivity (Wildman–Crippen MR) is 98.7 cm³/mol. The largest absolute Gasteiger partial charge is 0.497 e. The molecule has 2 aromatic carbocycles. The highest BCUT2D eigenvalue weighted by Crippen LogP contribution is 2.29. The molecule has 0 saturated carbocycles. The molecule has 0 spiro atoms. The summed E-state index contributed by atoms with van der Waals surface area (Å²) in [5.74, 6) is -0.402. The van der Waals surface area contributed by atoms with Crippen LogP contribution in [0.4, 0.5) is 5.69 Å². The number of rotatable bonds is 9. The summed E-state index contributed by atoms with van der Waals surface area (Å²) in [5.41, 5.74) is 0.173. The van der Waals surface area contributed by atoms with Gasteiger partial charge in [0.15, 0.2) is 6.61 Å². The number of hydrogen-bond acceptors (Lipinski definition) is 8. The Bertz CT molecular complexity index is 853. The zero-order valence-electron chi connectivity index (χ0n) is 14.7. The zero-order valence-corrected chi connectivity index (χ0v) is 15.5. The molecule has 2 aromatic rings. The third-order valence-electron chi connectivity index (χ3n) is 3.48. The first kappa shape index (κ1) is 20.2. The Hall–Kier alpha value is -3.07. The summed E-state index contributed by atoms with van der Waals surface area (Å²) >= 11 is 0.975. The molecule has 2 rings (SSSR count). The second-order valence-electron chi connectivity index (χ2n) is 5.16. The maximum atomic E-state index is 12.3. The molecule has 27 heavy (non-hydrogen) atoms. The van der Waals surface area contributed by atoms with Gasteiger partial charge < -0.3 is 14.2 Å². The summed E-state index contributed by atoms with van der Waals surface area (Å²) < 4.78 is 15.2. The lowest BCUT2D eigenvalue weighted by Crippen LogP contribution is -2.16. The first-order valence-electron chi connectivity index (χ1n) is 7.73. The molecule has 0 heterocycles. The van der Waals surface area contributed by atoms with Crippen molar-refractivity contribution in [1.82, 2.24) is 0 Å². The van der Waals surface area contributed by atoms with E-state index in [1.807, 2.05) is 0 Å². The number of Topliss-reactive ketones (excluding diaryl/α,β-unsaturated/α-hetero) is 1. The Morgan fingerprint density at radius 1 is 1.11 bits per heavy atom. The van der Waals surface area contributed by atoms with Gasteiger partial charge in [-0.05, 0) is 18.2 Å². The second kappa shape index (κ2) is 9.58. The van der Waals surface area contributed by atoms with Crippen LogP contribution >= 0.6 is 11.8 Å². The number of thioether (sulfide) groups is 1. The summed E-state index contributed by atoms with van der Waals surface area (Å²) in [6.45, 7) is -0.459. The van der Waals surface area contributed by atoms with Gasteiger partial charge in [0.2, 0.25) is 5.78 Å². The summed E-state index contributed by atoms with van der Waals surface area (Å²) in [7, 11) is 2.91. The van der Waals surface area contributed by atoms with Crippen molar-refractivity contribution in [2.75, 3.05) is 26.6 Å². The van der Waals surface area contributed by atoms with Crippen LogP contribution in [0.5, 0.6) is 11.5 Å². The average molecular weight is 391 g/mol. The molecule has 0 unspecified atom stereocenters. The Morgan fingerprint density at radius 3 is 2.52 bits per heavy atom. The van der Waals surface area contributed by atoms with E-state index in [0.717, 1.165) is 11.8 Å². The van der Waals surface area contributed by atoms with Gasteiger partial charge in [0, 0.05) is 12.1 Å². The van der Waals surface area contributed by atoms with E-state index in [-0.39, 0.29) is 17.0 Å². The lowest BCUT2D eigenvalue weighted by Gasteiger charge is -2.10. The maximum Gasteiger partial charge on any atom is 0.316 e. The number of methoxy groups -OCH3 is 2. The summed E-state index contributed by atoms with van der Waals surface area (Å²) in [5, 5.41) is 11.0. The molecule has 0 atom stereocenters. The van der Waals surface area contributed by atoms with Gasteiger partial charge in [-0.25, -0.2) is 0 Å². The van der Waals surface area contributed by atoms with Crippen LogP contribution in [0.2, 0.25) is 0 Å². The normalized spacial score (nSPS) is 10.1. The summed E-state index contributed by atoms with van der Waals surface area (Å²) in [6, 6.07) is 10.8. The van der Waals surface area contributed by atoms with Crippen molar-refractivity contribution in [2.45, 2.75) is 4.90 Å². The Morgan fingerprint density at radius 2 is 1.85 bits per heavy atom. The predicted octanol–water partition coefficient (Wildman–Crippen LogP) is 3.13. The van der Waals surface area contributed by atoms with Crippen molar-refractivity contribution in [3.63, 3.8) is 0 Å². The van der Waals surface area contributed by atoms with Crippen LogP contribution < -0.4 is 9.47 Å². The van der Waals surface area contributed by atoms with Gasteiger partial charge in [-0.3, -0.25) is 19.7 Å². The average Bonchev–Trinajstić information content (AvgIpc) is 2.69. The van der Waals surface area contributed by atoms with E-state index >= 15 is 0 Å². The van der Waals surface area contributed by atoms with Gasteiger partial charge in [0.05, 0.1) is 35.4 Å². The minimum absolute atomic E-state index is 0.0886. The minimum Gasteiger partial charge on any atom is -0.497 e. The van der Waals surface area contributed by atoms with E-state index < -0.39 is 23.3 Å². The highest BCUT2D eigenvalue weighted by Gasteiger charge is 2.17. The standard InChI is InChI=1S/C18H17NO7S/c1-24-12-7-8-13(16(9-12)25-2)15(20)10-26-18(21)11-27-17-6-4-3-5-14(17)19(22)23/h3-9H,10-11H2,1-2H3. The van der Waals surface area contributed by atoms with Crippen molar-refractivity contribution < 1.29 is 28.7 Å². The van der Waals surface area contributed by atoms with Gasteiger partial charge in [-0.2, -0.15) is 0 Å². The van der Waals surface area contributed by atoms with Crippen LogP contribution in [0, 0.1) is 10.1 Å². The number of nitrogens with zero attached hydrogens (tertiary/aromatic N) is 1. The lowest BCUT2D eigenvalue weighted by atomic mass is 10.1. The van der Waals surface area contributed by atoms with Crippen molar-refractivity contribution in [3.8, 4) is 11.5 Å². The van der Waals surface area contributed by atoms with Crippen molar-refractivity contribution >= 4 is 29.2 Å². The first-order chi connectivity index (χ1) is 13.0. The zero-order chi connectivity index (χ0) is 19.8. The molecule has 9 heteroatoms. The van der Waals surface area contributed by atoms with Gasteiger partial charge in [-0.15, -0.1) is 11.8 Å². The molecule has 8 nitrogen and oxygen atoms in total. The molecule has 142 valence electrons. The van der Waals surface area contributed by atoms with Crippen molar-refractivity contribution in [1.29, 1.82) is 0 Å². The van der Waals surface area contributed by atoms with Crippen LogP contribution in [-0.2, 0) is 9.53 Å². The lowest BCUT2D eigenvalue weighted by molar-refractivity contribution is -0.387. The number of benzene rings is 2. The SMILES string of the molecule is COc1ccc(C(=O)COC(=O)CSc2ccccc2[N+](=O)[O-])c(OC)c1. The topological polar surface area (TPSA) is 105 Å². The third kappa shape index (κ3) is 5.45. The van der Waals surface area contributed by atoms with Gasteiger partial charge in [0.1, 0.15) is 11.5 Å². The van der Waals surface area contributed by atoms with Gasteiger partial charge >= 0.3 is 5.97 Å². The van der Waals surface area contributed by atoms with Crippen LogP contribution in [0.3, 0.4) is 0 Å². The number of carbonyl (C=O) groups excluding carboxylic acids is 2. The van der Waals surface area contributed by atoms with E-state index in [9.17, 15) is 19.7 Å². The molecular formula is C18H17NO7S. The molecule has 0 amide bonds. The van der Waals surface area contributed by atoms with Crippen LogP contribution in [0.1, 0.15) is 10.4 Å². The van der Waals surface area contributed by atoms with E-state index in [1.165, 1.54) is 26.4 Å². The quantitative estimate of drug-likeness (QED) is 0.211. The molecule has 0 aliphatic carbocycles. The van der Waals surface area contributed by atoms with Crippen molar-refractivity contribution in [3.05, 3.63) is 58.1 Å². The van der Waals surface area contributed by atoms with E-state index in [1.54, 1.807) is 30.3 Å². The second-order valence-corrected chi connectivity index (χ2v) is 6.18. The van der Waals surface area contributed by atoms with E-state index in [0.29, 0.717) is 16.4 Å². The van der Waals surface area contributed by atoms with E-state index in [2.05, 4.69) is 0 Å².